The van der Waals surface area contributed by atoms with Crippen molar-refractivity contribution in [1.29, 1.82) is 0 Å². The number of carboxylic acid groups (broad SMARTS) is 1. The van der Waals surface area contributed by atoms with E-state index in [1.165, 1.54) is 0 Å². The molecule has 100 valence electrons. The van der Waals surface area contributed by atoms with Crippen molar-refractivity contribution in [3.8, 4) is 0 Å². The lowest BCUT2D eigenvalue weighted by molar-refractivity contribution is -0.308. The molecular formula is C10H19N2O5-. The van der Waals surface area contributed by atoms with E-state index in [0.717, 1.165) is 0 Å². The van der Waals surface area contributed by atoms with Gasteiger partial charge in [0.05, 0.1) is 12.0 Å². The molecule has 4 N–H and O–H groups in total. The molecule has 0 rings (SSSR count). The van der Waals surface area contributed by atoms with E-state index in [1.807, 2.05) is 0 Å². The van der Waals surface area contributed by atoms with Gasteiger partial charge in [0, 0.05) is 26.2 Å². The van der Waals surface area contributed by atoms with Gasteiger partial charge in [-0.25, -0.2) is 0 Å². The summed E-state index contributed by atoms with van der Waals surface area (Å²) in [6.07, 6.45) is 0.620. The van der Waals surface area contributed by atoms with Gasteiger partial charge in [0.2, 0.25) is 5.91 Å². The summed E-state index contributed by atoms with van der Waals surface area (Å²) >= 11 is 0. The van der Waals surface area contributed by atoms with Gasteiger partial charge < -0.3 is 30.7 Å². The molecule has 0 spiro atoms. The predicted molar refractivity (Wildman–Crippen MR) is 57.8 cm³/mol. The van der Waals surface area contributed by atoms with E-state index in [0.29, 0.717) is 25.9 Å². The summed E-state index contributed by atoms with van der Waals surface area (Å²) in [4.78, 5) is 22.0. The molecule has 1 atom stereocenters. The van der Waals surface area contributed by atoms with Crippen LogP contribution < -0.4 is 15.7 Å². The number of hydrogen-bond donors (Lipinski definition) is 4. The van der Waals surface area contributed by atoms with Crippen LogP contribution in [0.3, 0.4) is 0 Å². The zero-order chi connectivity index (χ0) is 13.1. The molecule has 0 aliphatic carbocycles. The highest BCUT2D eigenvalue weighted by Gasteiger charge is 2.13. The third kappa shape index (κ3) is 8.61. The Labute approximate surface area is 99.8 Å². The number of aliphatic hydroxyl groups is 2. The van der Waals surface area contributed by atoms with Gasteiger partial charge in [-0.15, -0.1) is 0 Å². The molecule has 0 saturated carbocycles. The number of aliphatic hydroxyl groups excluding tert-OH is 2. The van der Waals surface area contributed by atoms with Crippen LogP contribution in [0.15, 0.2) is 0 Å². The first kappa shape index (κ1) is 15.8. The average Bonchev–Trinajstić information content (AvgIpc) is 2.28. The fourth-order valence-electron chi connectivity index (χ4n) is 1.16. The first-order chi connectivity index (χ1) is 8.11. The van der Waals surface area contributed by atoms with Crippen LogP contribution in [0.1, 0.15) is 19.3 Å². The molecule has 0 fully saturated rings. The summed E-state index contributed by atoms with van der Waals surface area (Å²) in [5.74, 6) is -1.76. The molecule has 0 aromatic rings. The fraction of sp³-hybridized carbons (Fsp3) is 0.800. The average molecular weight is 247 g/mol. The molecule has 0 bridgehead atoms. The van der Waals surface area contributed by atoms with Gasteiger partial charge in [0.25, 0.3) is 0 Å². The second-order valence-electron chi connectivity index (χ2n) is 3.53. The normalized spacial score (nSPS) is 12.1. The summed E-state index contributed by atoms with van der Waals surface area (Å²) in [5.41, 5.74) is 0. The number of rotatable bonds is 10. The minimum atomic E-state index is -1.35. The van der Waals surface area contributed by atoms with Crippen molar-refractivity contribution in [2.24, 2.45) is 0 Å². The Morgan fingerprint density at radius 1 is 1.12 bits per heavy atom. The van der Waals surface area contributed by atoms with Crippen LogP contribution >= 0.6 is 0 Å². The largest absolute Gasteiger partial charge is 0.548 e. The Kier molecular flexibility index (Phi) is 9.31. The standard InChI is InChI=1S/C10H20N2O5/c13-5-1-3-11-8(10(16)17)7-9(15)12-4-2-6-14/h8,11,13-14H,1-7H2,(H,12,15)(H,16,17)/p-1. The Morgan fingerprint density at radius 2 is 1.71 bits per heavy atom. The van der Waals surface area contributed by atoms with Crippen LogP contribution in [0.4, 0.5) is 0 Å². The number of hydrogen-bond acceptors (Lipinski definition) is 6. The summed E-state index contributed by atoms with van der Waals surface area (Å²) < 4.78 is 0. The van der Waals surface area contributed by atoms with Crippen molar-refractivity contribution >= 4 is 11.9 Å². The third-order valence-corrected chi connectivity index (χ3v) is 2.06. The Bertz CT molecular complexity index is 235. The Balaban J connectivity index is 3.89. The van der Waals surface area contributed by atoms with Gasteiger partial charge >= 0.3 is 0 Å². The van der Waals surface area contributed by atoms with Gasteiger partial charge in [-0.1, -0.05) is 0 Å². The number of amides is 1. The molecule has 0 aromatic heterocycles. The smallest absolute Gasteiger partial charge is 0.221 e. The summed E-state index contributed by atoms with van der Waals surface area (Å²) in [7, 11) is 0. The van der Waals surface area contributed by atoms with Crippen LogP contribution in [0.5, 0.6) is 0 Å². The van der Waals surface area contributed by atoms with Gasteiger partial charge in [-0.3, -0.25) is 4.79 Å². The molecule has 1 amide bonds. The van der Waals surface area contributed by atoms with Crippen molar-refractivity contribution in [3.63, 3.8) is 0 Å². The van der Waals surface area contributed by atoms with Crippen molar-refractivity contribution in [2.75, 3.05) is 26.3 Å². The minimum Gasteiger partial charge on any atom is -0.548 e. The van der Waals surface area contributed by atoms with E-state index in [-0.39, 0.29) is 19.6 Å². The third-order valence-electron chi connectivity index (χ3n) is 2.06. The van der Waals surface area contributed by atoms with E-state index in [9.17, 15) is 14.7 Å². The molecular weight excluding hydrogens is 228 g/mol. The SMILES string of the molecule is O=C(CC(NCCCO)C(=O)[O-])NCCCO. The number of carboxylic acids is 1. The van der Waals surface area contributed by atoms with Crippen LogP contribution in [0.2, 0.25) is 0 Å². The van der Waals surface area contributed by atoms with E-state index < -0.39 is 17.9 Å². The van der Waals surface area contributed by atoms with Crippen molar-refractivity contribution in [1.82, 2.24) is 10.6 Å². The Morgan fingerprint density at radius 3 is 2.24 bits per heavy atom. The maximum atomic E-state index is 11.3. The molecule has 0 heterocycles. The second-order valence-corrected chi connectivity index (χ2v) is 3.53. The minimum absolute atomic E-state index is 0.0288. The van der Waals surface area contributed by atoms with Crippen LogP contribution in [-0.2, 0) is 9.59 Å². The number of nitrogens with one attached hydrogen (secondary N) is 2. The zero-order valence-corrected chi connectivity index (χ0v) is 9.65. The van der Waals surface area contributed by atoms with E-state index in [2.05, 4.69) is 10.6 Å². The summed E-state index contributed by atoms with van der Waals surface area (Å²) in [6.45, 7) is 0.541. The van der Waals surface area contributed by atoms with E-state index in [1.54, 1.807) is 0 Å². The summed E-state index contributed by atoms with van der Waals surface area (Å²) in [5, 5.41) is 32.8. The molecule has 7 heteroatoms. The topological polar surface area (TPSA) is 122 Å². The maximum Gasteiger partial charge on any atom is 0.221 e. The Hall–Kier alpha value is -1.18. The van der Waals surface area contributed by atoms with Gasteiger partial charge in [0.1, 0.15) is 0 Å². The van der Waals surface area contributed by atoms with Crippen LogP contribution in [-0.4, -0.2) is 54.4 Å². The summed E-state index contributed by atoms with van der Waals surface area (Å²) in [6, 6.07) is -1.06. The first-order valence-corrected chi connectivity index (χ1v) is 5.54. The molecule has 0 aliphatic rings. The second kappa shape index (κ2) is 10.0. The molecule has 0 saturated heterocycles. The predicted octanol–water partition coefficient (Wildman–Crippen LogP) is -3.03. The van der Waals surface area contributed by atoms with Crippen molar-refractivity contribution in [2.45, 2.75) is 25.3 Å². The molecule has 0 aliphatic heterocycles. The van der Waals surface area contributed by atoms with E-state index >= 15 is 0 Å². The van der Waals surface area contributed by atoms with Crippen molar-refractivity contribution in [3.05, 3.63) is 0 Å². The molecule has 17 heavy (non-hydrogen) atoms. The monoisotopic (exact) mass is 247 g/mol. The van der Waals surface area contributed by atoms with Crippen LogP contribution in [0, 0.1) is 0 Å². The maximum absolute atomic E-state index is 11.3. The molecule has 7 nitrogen and oxygen atoms in total. The quantitative estimate of drug-likeness (QED) is 0.305. The highest BCUT2D eigenvalue weighted by atomic mass is 16.4. The molecule has 1 unspecified atom stereocenters. The highest BCUT2D eigenvalue weighted by Crippen LogP contribution is 1.92. The van der Waals surface area contributed by atoms with E-state index in [4.69, 9.17) is 10.2 Å². The van der Waals surface area contributed by atoms with Crippen LogP contribution in [0.25, 0.3) is 0 Å². The lowest BCUT2D eigenvalue weighted by atomic mass is 10.2. The number of carbonyl (C=O) groups is 2. The fourth-order valence-corrected chi connectivity index (χ4v) is 1.16. The molecule has 0 radical (unpaired) electrons. The highest BCUT2D eigenvalue weighted by molar-refractivity contribution is 5.83. The lowest BCUT2D eigenvalue weighted by Crippen LogP contribution is -2.48. The number of carbonyl (C=O) groups excluding carboxylic acids is 2. The lowest BCUT2D eigenvalue weighted by Gasteiger charge is -2.19. The zero-order valence-electron chi connectivity index (χ0n) is 9.65. The van der Waals surface area contributed by atoms with Gasteiger partial charge in [-0.2, -0.15) is 0 Å². The number of aliphatic carboxylic acids is 1. The molecule has 0 aromatic carbocycles. The van der Waals surface area contributed by atoms with Gasteiger partial charge in [0.15, 0.2) is 0 Å². The van der Waals surface area contributed by atoms with Crippen molar-refractivity contribution < 1.29 is 24.9 Å². The first-order valence-electron chi connectivity index (χ1n) is 5.54. The van der Waals surface area contributed by atoms with Gasteiger partial charge in [-0.05, 0) is 19.4 Å².